The highest BCUT2D eigenvalue weighted by Crippen LogP contribution is 2.33. The Morgan fingerprint density at radius 1 is 1.22 bits per heavy atom. The topological polar surface area (TPSA) is 84.7 Å². The third kappa shape index (κ3) is 5.52. The fraction of sp³-hybridized carbons (Fsp3) is 0.350. The molecule has 0 aliphatic rings. The van der Waals surface area contributed by atoms with Gasteiger partial charge in [0, 0.05) is 30.9 Å². The second kappa shape index (κ2) is 8.64. The van der Waals surface area contributed by atoms with Crippen molar-refractivity contribution in [2.45, 2.75) is 32.4 Å². The number of nitrogens with zero attached hydrogens (tertiary/aromatic N) is 2. The minimum atomic E-state index is -0.485. The normalized spacial score (nSPS) is 11.1. The van der Waals surface area contributed by atoms with Crippen LogP contribution in [-0.2, 0) is 16.1 Å². The fourth-order valence-electron chi connectivity index (χ4n) is 2.74. The Labute approximate surface area is 159 Å². The number of nitrogens with one attached hydrogen (secondary N) is 1. The van der Waals surface area contributed by atoms with Crippen molar-refractivity contribution in [3.63, 3.8) is 0 Å². The van der Waals surface area contributed by atoms with E-state index >= 15 is 0 Å². The Balaban J connectivity index is 2.20. The van der Waals surface area contributed by atoms with Crippen LogP contribution < -0.4 is 10.2 Å². The smallest absolute Gasteiger partial charge is 0.307 e. The molecule has 0 heterocycles. The molecule has 0 amide bonds. The number of carbonyl (C=O) groups is 1. The fourth-order valence-corrected chi connectivity index (χ4v) is 2.74. The Morgan fingerprint density at radius 2 is 1.89 bits per heavy atom. The van der Waals surface area contributed by atoms with Crippen molar-refractivity contribution in [1.29, 1.82) is 0 Å². The van der Waals surface area contributed by atoms with Gasteiger partial charge < -0.3 is 15.0 Å². The Morgan fingerprint density at radius 3 is 2.48 bits per heavy atom. The van der Waals surface area contributed by atoms with E-state index in [0.717, 1.165) is 11.3 Å². The molecule has 2 aromatic rings. The molecule has 2 rings (SSSR count). The standard InChI is InChI=1S/C20H25N3O4/c1-20(2,13-19(24)27-4)21-14-15-10-11-17(18(12-15)23(25)26)22(3)16-8-6-5-7-9-16/h5-12,21H,13-14H2,1-4H3. The molecule has 7 nitrogen and oxygen atoms in total. The first-order chi connectivity index (χ1) is 12.7. The van der Waals surface area contributed by atoms with E-state index in [9.17, 15) is 14.9 Å². The molecule has 0 atom stereocenters. The molecule has 0 spiro atoms. The van der Waals surface area contributed by atoms with Crippen molar-refractivity contribution >= 4 is 23.0 Å². The number of methoxy groups -OCH3 is 1. The number of benzene rings is 2. The van der Waals surface area contributed by atoms with Crippen LogP contribution in [0.3, 0.4) is 0 Å². The van der Waals surface area contributed by atoms with Crippen LogP contribution in [0.15, 0.2) is 48.5 Å². The molecular formula is C20H25N3O4. The van der Waals surface area contributed by atoms with E-state index in [2.05, 4.69) is 5.32 Å². The van der Waals surface area contributed by atoms with E-state index in [0.29, 0.717) is 12.2 Å². The largest absolute Gasteiger partial charge is 0.469 e. The summed E-state index contributed by atoms with van der Waals surface area (Å²) < 4.78 is 4.70. The predicted octanol–water partition coefficient (Wildman–Crippen LogP) is 3.79. The van der Waals surface area contributed by atoms with Gasteiger partial charge in [0.15, 0.2) is 0 Å². The number of anilines is 2. The minimum absolute atomic E-state index is 0.0337. The molecule has 144 valence electrons. The summed E-state index contributed by atoms with van der Waals surface area (Å²) in [6.07, 6.45) is 0.209. The number of nitro benzene ring substituents is 1. The van der Waals surface area contributed by atoms with Gasteiger partial charge in [0.05, 0.1) is 18.5 Å². The maximum atomic E-state index is 11.6. The first kappa shape index (κ1) is 20.4. The highest BCUT2D eigenvalue weighted by atomic mass is 16.6. The molecule has 27 heavy (non-hydrogen) atoms. The summed E-state index contributed by atoms with van der Waals surface area (Å²) in [6.45, 7) is 4.17. The summed E-state index contributed by atoms with van der Waals surface area (Å²) >= 11 is 0. The van der Waals surface area contributed by atoms with E-state index in [1.807, 2.05) is 50.2 Å². The van der Waals surface area contributed by atoms with Gasteiger partial charge in [-0.3, -0.25) is 14.9 Å². The lowest BCUT2D eigenvalue weighted by atomic mass is 10.00. The molecule has 0 radical (unpaired) electrons. The highest BCUT2D eigenvalue weighted by Gasteiger charge is 2.23. The predicted molar refractivity (Wildman–Crippen MR) is 105 cm³/mol. The maximum Gasteiger partial charge on any atom is 0.307 e. The molecule has 0 saturated carbocycles. The first-order valence-corrected chi connectivity index (χ1v) is 8.61. The minimum Gasteiger partial charge on any atom is -0.469 e. The quantitative estimate of drug-likeness (QED) is 0.432. The third-order valence-corrected chi connectivity index (χ3v) is 4.33. The van der Waals surface area contributed by atoms with Gasteiger partial charge in [0.25, 0.3) is 5.69 Å². The van der Waals surface area contributed by atoms with E-state index in [1.54, 1.807) is 24.1 Å². The lowest BCUT2D eigenvalue weighted by Gasteiger charge is -2.25. The van der Waals surface area contributed by atoms with E-state index < -0.39 is 5.54 Å². The summed E-state index contributed by atoms with van der Waals surface area (Å²) in [5.74, 6) is -0.307. The molecule has 0 aromatic heterocycles. The molecule has 0 bridgehead atoms. The number of hydrogen-bond donors (Lipinski definition) is 1. The van der Waals surface area contributed by atoms with Crippen molar-refractivity contribution in [2.75, 3.05) is 19.1 Å². The molecule has 0 fully saturated rings. The Hall–Kier alpha value is -2.93. The summed E-state index contributed by atoms with van der Waals surface area (Å²) in [4.78, 5) is 24.5. The van der Waals surface area contributed by atoms with Crippen LogP contribution in [-0.4, -0.2) is 30.6 Å². The zero-order chi connectivity index (χ0) is 20.0. The number of nitro groups is 1. The van der Waals surface area contributed by atoms with E-state index in [1.165, 1.54) is 7.11 Å². The second-order valence-corrected chi connectivity index (χ2v) is 6.97. The maximum absolute atomic E-state index is 11.6. The summed E-state index contributed by atoms with van der Waals surface area (Å²) in [5.41, 5.74) is 1.70. The van der Waals surface area contributed by atoms with E-state index in [-0.39, 0.29) is 23.0 Å². The zero-order valence-electron chi connectivity index (χ0n) is 16.1. The van der Waals surface area contributed by atoms with Gasteiger partial charge in [-0.2, -0.15) is 0 Å². The Kier molecular flexibility index (Phi) is 6.52. The zero-order valence-corrected chi connectivity index (χ0v) is 16.1. The second-order valence-electron chi connectivity index (χ2n) is 6.97. The van der Waals surface area contributed by atoms with Crippen molar-refractivity contribution in [1.82, 2.24) is 5.32 Å². The highest BCUT2D eigenvalue weighted by molar-refractivity contribution is 5.72. The van der Waals surface area contributed by atoms with Crippen molar-refractivity contribution in [3.8, 4) is 0 Å². The average Bonchev–Trinajstić information content (AvgIpc) is 2.66. The van der Waals surface area contributed by atoms with Crippen LogP contribution in [0.1, 0.15) is 25.8 Å². The SMILES string of the molecule is COC(=O)CC(C)(C)NCc1ccc(N(C)c2ccccc2)c([N+](=O)[O-])c1. The van der Waals surface area contributed by atoms with Crippen LogP contribution in [0.4, 0.5) is 17.1 Å². The molecule has 0 saturated heterocycles. The number of rotatable bonds is 8. The monoisotopic (exact) mass is 371 g/mol. The molecule has 0 aliphatic heterocycles. The summed E-state index contributed by atoms with van der Waals surface area (Å²) in [6, 6.07) is 14.6. The molecule has 0 aliphatic carbocycles. The molecule has 7 heteroatoms. The molecule has 1 N–H and O–H groups in total. The van der Waals surface area contributed by atoms with Crippen LogP contribution in [0.5, 0.6) is 0 Å². The van der Waals surface area contributed by atoms with E-state index in [4.69, 9.17) is 4.74 Å². The summed E-state index contributed by atoms with van der Waals surface area (Å²) in [5, 5.41) is 14.8. The molecule has 0 unspecified atom stereocenters. The van der Waals surface area contributed by atoms with Gasteiger partial charge in [0.1, 0.15) is 5.69 Å². The van der Waals surface area contributed by atoms with Crippen molar-refractivity contribution in [3.05, 3.63) is 64.2 Å². The van der Waals surface area contributed by atoms with Gasteiger partial charge in [-0.05, 0) is 37.6 Å². The van der Waals surface area contributed by atoms with Crippen molar-refractivity contribution in [2.24, 2.45) is 0 Å². The number of carbonyl (C=O) groups excluding carboxylic acids is 1. The molecule has 2 aromatic carbocycles. The first-order valence-electron chi connectivity index (χ1n) is 8.61. The van der Waals surface area contributed by atoms with Crippen LogP contribution in [0, 0.1) is 10.1 Å². The van der Waals surface area contributed by atoms with Crippen LogP contribution in [0.2, 0.25) is 0 Å². The third-order valence-electron chi connectivity index (χ3n) is 4.33. The Bertz CT molecular complexity index is 806. The number of esters is 1. The summed E-state index contributed by atoms with van der Waals surface area (Å²) in [7, 11) is 3.15. The lowest BCUT2D eigenvalue weighted by molar-refractivity contribution is -0.384. The number of hydrogen-bond acceptors (Lipinski definition) is 6. The van der Waals surface area contributed by atoms with Crippen LogP contribution in [0.25, 0.3) is 0 Å². The van der Waals surface area contributed by atoms with Gasteiger partial charge in [0.2, 0.25) is 0 Å². The van der Waals surface area contributed by atoms with Crippen LogP contribution >= 0.6 is 0 Å². The lowest BCUT2D eigenvalue weighted by Crippen LogP contribution is -2.40. The van der Waals surface area contributed by atoms with Gasteiger partial charge in [-0.15, -0.1) is 0 Å². The molecular weight excluding hydrogens is 346 g/mol. The van der Waals surface area contributed by atoms with Gasteiger partial charge in [-0.25, -0.2) is 0 Å². The van der Waals surface area contributed by atoms with Gasteiger partial charge in [-0.1, -0.05) is 24.3 Å². The van der Waals surface area contributed by atoms with Crippen molar-refractivity contribution < 1.29 is 14.5 Å². The number of para-hydroxylation sites is 1. The van der Waals surface area contributed by atoms with Gasteiger partial charge >= 0.3 is 5.97 Å². The number of ether oxygens (including phenoxy) is 1. The average molecular weight is 371 g/mol.